The van der Waals surface area contributed by atoms with Gasteiger partial charge in [-0.05, 0) is 26.7 Å². The van der Waals surface area contributed by atoms with Crippen molar-refractivity contribution in [2.75, 3.05) is 45.9 Å². The van der Waals surface area contributed by atoms with Crippen LogP contribution >= 0.6 is 0 Å². The molecular formula is C19H38N5O4+. The van der Waals surface area contributed by atoms with Crippen LogP contribution in [0, 0.1) is 0 Å². The third-order valence-corrected chi connectivity index (χ3v) is 6.16. The Morgan fingerprint density at radius 1 is 1.18 bits per heavy atom. The molecule has 0 bridgehead atoms. The quantitative estimate of drug-likeness (QED) is 0.348. The zero-order valence-electron chi connectivity index (χ0n) is 17.2. The van der Waals surface area contributed by atoms with Gasteiger partial charge in [0.15, 0.2) is 0 Å². The predicted molar refractivity (Wildman–Crippen MR) is 105 cm³/mol. The van der Waals surface area contributed by atoms with Gasteiger partial charge in [0, 0.05) is 45.2 Å². The normalized spacial score (nSPS) is 35.2. The van der Waals surface area contributed by atoms with E-state index in [0.29, 0.717) is 12.7 Å². The van der Waals surface area contributed by atoms with Gasteiger partial charge in [-0.2, -0.15) is 0 Å². The molecule has 2 amide bonds. The van der Waals surface area contributed by atoms with E-state index in [1.54, 1.807) is 0 Å². The first-order valence-electron chi connectivity index (χ1n) is 10.8. The molecule has 0 aromatic heterocycles. The number of nitrogens with two attached hydrogens (primary N) is 1. The van der Waals surface area contributed by atoms with Gasteiger partial charge in [-0.3, -0.25) is 9.80 Å². The van der Waals surface area contributed by atoms with Crippen molar-refractivity contribution in [3.63, 3.8) is 0 Å². The summed E-state index contributed by atoms with van der Waals surface area (Å²) >= 11 is 0. The van der Waals surface area contributed by atoms with Gasteiger partial charge in [-0.1, -0.05) is 0 Å². The number of quaternary nitrogens is 1. The number of hydrogen-bond acceptors (Lipinski definition) is 6. The number of aliphatic hydroxyl groups is 2. The minimum Gasteiger partial charge on any atom is -0.394 e. The summed E-state index contributed by atoms with van der Waals surface area (Å²) in [6.45, 7) is 8.79. The zero-order chi connectivity index (χ0) is 20.1. The second-order valence-electron chi connectivity index (χ2n) is 8.55. The fourth-order valence-electron chi connectivity index (χ4n) is 4.73. The molecule has 3 saturated heterocycles. The van der Waals surface area contributed by atoms with Gasteiger partial charge in [0.05, 0.1) is 25.3 Å². The van der Waals surface area contributed by atoms with E-state index < -0.39 is 12.2 Å². The summed E-state index contributed by atoms with van der Waals surface area (Å²) in [5, 5.41) is 28.4. The molecule has 5 unspecified atom stereocenters. The number of amides is 2. The van der Waals surface area contributed by atoms with Crippen LogP contribution in [-0.4, -0.2) is 108 Å². The van der Waals surface area contributed by atoms with Crippen molar-refractivity contribution >= 4 is 6.03 Å². The van der Waals surface area contributed by atoms with E-state index in [0.717, 1.165) is 26.2 Å². The standard InChI is InChI=1S/C19H37N5O4/c1-13(2)22-19(27)21-11-14-17(18(26)15(12-25)28-14)24-9-7-23(8-10-24)16-5-3-4-6-20-16/h13-18,20,25-26H,3-12H2,1-2H3,(H2,21,22,27)/p+1. The van der Waals surface area contributed by atoms with Gasteiger partial charge in [0.1, 0.15) is 18.4 Å². The molecule has 28 heavy (non-hydrogen) atoms. The lowest BCUT2D eigenvalue weighted by Gasteiger charge is -2.42. The van der Waals surface area contributed by atoms with Crippen LogP contribution in [0.25, 0.3) is 0 Å². The maximum absolute atomic E-state index is 11.9. The van der Waals surface area contributed by atoms with E-state index in [4.69, 9.17) is 4.74 Å². The number of carbonyl (C=O) groups excluding carboxylic acids is 1. The average molecular weight is 401 g/mol. The third-order valence-electron chi connectivity index (χ3n) is 6.16. The van der Waals surface area contributed by atoms with Crippen molar-refractivity contribution < 1.29 is 25.1 Å². The second kappa shape index (κ2) is 10.2. The Morgan fingerprint density at radius 3 is 2.50 bits per heavy atom. The number of piperidine rings is 1. The summed E-state index contributed by atoms with van der Waals surface area (Å²) in [6.07, 6.45) is 2.76. The van der Waals surface area contributed by atoms with Gasteiger partial charge >= 0.3 is 6.03 Å². The highest BCUT2D eigenvalue weighted by Crippen LogP contribution is 2.27. The van der Waals surface area contributed by atoms with Crippen LogP contribution in [0.1, 0.15) is 33.1 Å². The summed E-state index contributed by atoms with van der Waals surface area (Å²) in [6, 6.07) is -0.397. The van der Waals surface area contributed by atoms with E-state index in [1.807, 2.05) is 13.8 Å². The summed E-state index contributed by atoms with van der Waals surface area (Å²) < 4.78 is 5.88. The molecule has 9 heteroatoms. The van der Waals surface area contributed by atoms with Crippen LogP contribution in [-0.2, 0) is 4.74 Å². The van der Waals surface area contributed by atoms with Gasteiger partial charge in [0.25, 0.3) is 0 Å². The summed E-state index contributed by atoms with van der Waals surface area (Å²) in [4.78, 5) is 16.7. The summed E-state index contributed by atoms with van der Waals surface area (Å²) in [7, 11) is 0. The van der Waals surface area contributed by atoms with Crippen LogP contribution in [0.15, 0.2) is 0 Å². The van der Waals surface area contributed by atoms with Crippen molar-refractivity contribution in [2.45, 2.75) is 69.7 Å². The molecule has 0 aromatic rings. The lowest BCUT2D eigenvalue weighted by molar-refractivity contribution is -0.717. The molecular weight excluding hydrogens is 362 g/mol. The number of carbonyl (C=O) groups is 1. The number of urea groups is 1. The number of rotatable bonds is 6. The van der Waals surface area contributed by atoms with Crippen molar-refractivity contribution in [2.24, 2.45) is 0 Å². The number of piperazine rings is 1. The van der Waals surface area contributed by atoms with Crippen LogP contribution < -0.4 is 16.0 Å². The zero-order valence-corrected chi connectivity index (χ0v) is 17.2. The Labute approximate surface area is 167 Å². The van der Waals surface area contributed by atoms with Crippen molar-refractivity contribution in [1.82, 2.24) is 20.4 Å². The van der Waals surface area contributed by atoms with Crippen LogP contribution in [0.2, 0.25) is 0 Å². The molecule has 3 fully saturated rings. The fourth-order valence-corrected chi connectivity index (χ4v) is 4.73. The SMILES string of the molecule is CC(C)NC(=O)NCC1OC(CO)C(O)C1N1CCN(C2CCCC[NH2+]2)CC1. The van der Waals surface area contributed by atoms with Crippen molar-refractivity contribution in [1.29, 1.82) is 0 Å². The van der Waals surface area contributed by atoms with Crippen LogP contribution in [0.4, 0.5) is 4.79 Å². The number of hydrogen-bond donors (Lipinski definition) is 5. The first kappa shape index (κ1) is 21.7. The number of nitrogens with zero attached hydrogens (tertiary/aromatic N) is 2. The molecule has 9 nitrogen and oxygen atoms in total. The third kappa shape index (κ3) is 5.34. The molecule has 0 spiro atoms. The average Bonchev–Trinajstić information content (AvgIpc) is 3.02. The molecule has 0 radical (unpaired) electrons. The highest BCUT2D eigenvalue weighted by atomic mass is 16.5. The fraction of sp³-hybridized carbons (Fsp3) is 0.947. The monoisotopic (exact) mass is 400 g/mol. The number of aliphatic hydroxyl groups excluding tert-OH is 2. The first-order chi connectivity index (χ1) is 13.5. The lowest BCUT2D eigenvalue weighted by Crippen LogP contribution is -2.95. The Balaban J connectivity index is 1.55. The molecule has 3 aliphatic rings. The Hall–Kier alpha value is -0.970. The molecule has 0 aromatic carbocycles. The Kier molecular flexibility index (Phi) is 7.90. The molecule has 0 saturated carbocycles. The molecule has 6 N–H and O–H groups in total. The van der Waals surface area contributed by atoms with E-state index in [-0.39, 0.29) is 30.8 Å². The van der Waals surface area contributed by atoms with Crippen molar-refractivity contribution in [3.05, 3.63) is 0 Å². The predicted octanol–water partition coefficient (Wildman–Crippen LogP) is -2.13. The molecule has 3 aliphatic heterocycles. The second-order valence-corrected chi connectivity index (χ2v) is 8.55. The highest BCUT2D eigenvalue weighted by Gasteiger charge is 2.47. The minimum absolute atomic E-state index is 0.0562. The smallest absolute Gasteiger partial charge is 0.315 e. The van der Waals surface area contributed by atoms with Gasteiger partial charge in [0.2, 0.25) is 0 Å². The van der Waals surface area contributed by atoms with E-state index in [9.17, 15) is 15.0 Å². The van der Waals surface area contributed by atoms with Gasteiger partial charge in [-0.25, -0.2) is 4.79 Å². The number of ether oxygens (including phenoxy) is 1. The van der Waals surface area contributed by atoms with Crippen LogP contribution in [0.3, 0.4) is 0 Å². The largest absolute Gasteiger partial charge is 0.394 e. The topological polar surface area (TPSA) is 114 Å². The Bertz CT molecular complexity index is 495. The van der Waals surface area contributed by atoms with Crippen LogP contribution in [0.5, 0.6) is 0 Å². The highest BCUT2D eigenvalue weighted by molar-refractivity contribution is 5.74. The van der Waals surface area contributed by atoms with E-state index >= 15 is 0 Å². The summed E-state index contributed by atoms with van der Waals surface area (Å²) in [5.74, 6) is 0. The van der Waals surface area contributed by atoms with Crippen molar-refractivity contribution in [3.8, 4) is 0 Å². The molecule has 3 rings (SSSR count). The lowest BCUT2D eigenvalue weighted by atomic mass is 10.0. The molecule has 162 valence electrons. The first-order valence-corrected chi connectivity index (χ1v) is 10.8. The van der Waals surface area contributed by atoms with Gasteiger partial charge < -0.3 is 30.9 Å². The molecule has 5 atom stereocenters. The number of nitrogens with one attached hydrogen (secondary N) is 2. The maximum Gasteiger partial charge on any atom is 0.315 e. The Morgan fingerprint density at radius 2 is 1.89 bits per heavy atom. The van der Waals surface area contributed by atoms with E-state index in [1.165, 1.54) is 25.8 Å². The van der Waals surface area contributed by atoms with Gasteiger partial charge in [-0.15, -0.1) is 0 Å². The molecule has 3 heterocycles. The van der Waals surface area contributed by atoms with E-state index in [2.05, 4.69) is 25.8 Å². The minimum atomic E-state index is -0.752. The maximum atomic E-state index is 11.9. The molecule has 0 aliphatic carbocycles. The summed E-state index contributed by atoms with van der Waals surface area (Å²) in [5.41, 5.74) is 0.